The third-order valence-electron chi connectivity index (χ3n) is 4.86. The van der Waals surface area contributed by atoms with E-state index in [9.17, 15) is 14.4 Å². The molecule has 1 saturated carbocycles. The standard InChI is InChI=1S/C21H25N3O5/c1-24(13-14-4-2-7-17(10-14)29-9-8-25)21(28)18-11-15(12-22-20(18)27)19(26)23-16-5-3-6-16/h2,4,7,10-12,16,25H,3,5-6,8-9,13H2,1H3,(H,22,27)(H,23,26). The molecule has 1 aromatic carbocycles. The van der Waals surface area contributed by atoms with E-state index in [4.69, 9.17) is 9.84 Å². The van der Waals surface area contributed by atoms with Gasteiger partial charge in [-0.25, -0.2) is 0 Å². The Balaban J connectivity index is 1.71. The van der Waals surface area contributed by atoms with Crippen LogP contribution in [0.15, 0.2) is 41.3 Å². The molecule has 8 nitrogen and oxygen atoms in total. The van der Waals surface area contributed by atoms with Gasteiger partial charge < -0.3 is 25.0 Å². The number of aromatic nitrogens is 1. The van der Waals surface area contributed by atoms with E-state index in [1.165, 1.54) is 17.2 Å². The first-order valence-electron chi connectivity index (χ1n) is 9.59. The number of hydrogen-bond donors (Lipinski definition) is 3. The van der Waals surface area contributed by atoms with Crippen molar-refractivity contribution in [2.24, 2.45) is 0 Å². The molecule has 3 rings (SSSR count). The molecule has 1 aliphatic rings. The van der Waals surface area contributed by atoms with Gasteiger partial charge in [0, 0.05) is 25.8 Å². The number of aliphatic hydroxyl groups excluding tert-OH is 1. The zero-order valence-corrected chi connectivity index (χ0v) is 16.3. The average molecular weight is 399 g/mol. The molecule has 0 saturated heterocycles. The van der Waals surface area contributed by atoms with E-state index in [2.05, 4.69) is 10.3 Å². The Morgan fingerprint density at radius 2 is 2.10 bits per heavy atom. The molecular weight excluding hydrogens is 374 g/mol. The molecule has 8 heteroatoms. The van der Waals surface area contributed by atoms with E-state index in [1.807, 2.05) is 6.07 Å². The number of pyridine rings is 1. The zero-order chi connectivity index (χ0) is 20.8. The van der Waals surface area contributed by atoms with Gasteiger partial charge in [-0.3, -0.25) is 14.4 Å². The van der Waals surface area contributed by atoms with E-state index in [1.54, 1.807) is 25.2 Å². The summed E-state index contributed by atoms with van der Waals surface area (Å²) in [4.78, 5) is 41.2. The van der Waals surface area contributed by atoms with E-state index < -0.39 is 11.5 Å². The van der Waals surface area contributed by atoms with Gasteiger partial charge in [-0.15, -0.1) is 0 Å². The van der Waals surface area contributed by atoms with Crippen LogP contribution in [-0.2, 0) is 6.54 Å². The number of carbonyl (C=O) groups is 2. The van der Waals surface area contributed by atoms with Gasteiger partial charge in [0.15, 0.2) is 0 Å². The Morgan fingerprint density at radius 1 is 1.31 bits per heavy atom. The van der Waals surface area contributed by atoms with Crippen molar-refractivity contribution in [3.05, 3.63) is 63.6 Å². The first-order chi connectivity index (χ1) is 14.0. The second kappa shape index (κ2) is 9.38. The molecule has 0 aliphatic heterocycles. The third-order valence-corrected chi connectivity index (χ3v) is 4.86. The third kappa shape index (κ3) is 5.23. The van der Waals surface area contributed by atoms with Gasteiger partial charge in [0.1, 0.15) is 17.9 Å². The van der Waals surface area contributed by atoms with Gasteiger partial charge in [0.2, 0.25) is 0 Å². The van der Waals surface area contributed by atoms with E-state index in [0.29, 0.717) is 5.75 Å². The lowest BCUT2D eigenvalue weighted by molar-refractivity contribution is 0.0783. The number of nitrogens with one attached hydrogen (secondary N) is 2. The van der Waals surface area contributed by atoms with Crippen LogP contribution in [0.25, 0.3) is 0 Å². The zero-order valence-electron chi connectivity index (χ0n) is 16.3. The lowest BCUT2D eigenvalue weighted by atomic mass is 9.93. The van der Waals surface area contributed by atoms with Crippen molar-refractivity contribution in [2.75, 3.05) is 20.3 Å². The molecular formula is C21H25N3O5. The predicted molar refractivity (Wildman–Crippen MR) is 107 cm³/mol. The molecule has 1 heterocycles. The molecule has 0 radical (unpaired) electrons. The molecule has 2 aromatic rings. The minimum atomic E-state index is -0.540. The minimum Gasteiger partial charge on any atom is -0.491 e. The molecule has 0 atom stereocenters. The van der Waals surface area contributed by atoms with Crippen LogP contribution in [0.2, 0.25) is 0 Å². The number of H-pyrrole nitrogens is 1. The maximum atomic E-state index is 12.8. The maximum absolute atomic E-state index is 12.8. The fraction of sp³-hybridized carbons (Fsp3) is 0.381. The molecule has 0 bridgehead atoms. The molecule has 0 unspecified atom stereocenters. The van der Waals surface area contributed by atoms with Crippen molar-refractivity contribution in [3.8, 4) is 5.75 Å². The molecule has 29 heavy (non-hydrogen) atoms. The summed E-state index contributed by atoms with van der Waals surface area (Å²) in [6.07, 6.45) is 4.32. The Hall–Kier alpha value is -3.13. The van der Waals surface area contributed by atoms with Gasteiger partial charge in [0.25, 0.3) is 17.4 Å². The first-order valence-corrected chi connectivity index (χ1v) is 9.59. The van der Waals surface area contributed by atoms with Gasteiger partial charge in [-0.05, 0) is 43.0 Å². The number of amides is 2. The Labute approximate surface area is 168 Å². The maximum Gasteiger partial charge on any atom is 0.260 e. The number of aromatic amines is 1. The van der Waals surface area contributed by atoms with Crippen molar-refractivity contribution in [3.63, 3.8) is 0 Å². The first kappa shape index (κ1) is 20.6. The molecule has 2 amide bonds. The van der Waals surface area contributed by atoms with Crippen LogP contribution in [0, 0.1) is 0 Å². The number of aliphatic hydroxyl groups is 1. The van der Waals surface area contributed by atoms with E-state index >= 15 is 0 Å². The van der Waals surface area contributed by atoms with Crippen LogP contribution in [0.1, 0.15) is 45.5 Å². The highest BCUT2D eigenvalue weighted by Crippen LogP contribution is 2.19. The summed E-state index contributed by atoms with van der Waals surface area (Å²) in [6.45, 7) is 0.354. The number of ether oxygens (including phenoxy) is 1. The monoisotopic (exact) mass is 399 g/mol. The average Bonchev–Trinajstić information content (AvgIpc) is 2.69. The van der Waals surface area contributed by atoms with Gasteiger partial charge in [-0.2, -0.15) is 0 Å². The fourth-order valence-electron chi connectivity index (χ4n) is 3.04. The lowest BCUT2D eigenvalue weighted by Crippen LogP contribution is -2.40. The quantitative estimate of drug-likeness (QED) is 0.620. The molecule has 1 aromatic heterocycles. The number of benzene rings is 1. The topological polar surface area (TPSA) is 112 Å². The fourth-order valence-corrected chi connectivity index (χ4v) is 3.04. The summed E-state index contributed by atoms with van der Waals surface area (Å²) in [7, 11) is 1.59. The summed E-state index contributed by atoms with van der Waals surface area (Å²) < 4.78 is 5.38. The molecule has 1 aliphatic carbocycles. The van der Waals surface area contributed by atoms with E-state index in [0.717, 1.165) is 24.8 Å². The Kier molecular flexibility index (Phi) is 6.66. The van der Waals surface area contributed by atoms with Crippen molar-refractivity contribution >= 4 is 11.8 Å². The van der Waals surface area contributed by atoms with Gasteiger partial charge in [0.05, 0.1) is 12.2 Å². The van der Waals surface area contributed by atoms with Crippen LogP contribution in [0.4, 0.5) is 0 Å². The Bertz CT molecular complexity index is 936. The van der Waals surface area contributed by atoms with Crippen LogP contribution < -0.4 is 15.6 Å². The van der Waals surface area contributed by atoms with Gasteiger partial charge in [-0.1, -0.05) is 12.1 Å². The van der Waals surface area contributed by atoms with Crippen molar-refractivity contribution in [1.82, 2.24) is 15.2 Å². The molecule has 154 valence electrons. The van der Waals surface area contributed by atoms with Crippen molar-refractivity contribution < 1.29 is 19.4 Å². The van der Waals surface area contributed by atoms with Gasteiger partial charge >= 0.3 is 0 Å². The lowest BCUT2D eigenvalue weighted by Gasteiger charge is -2.26. The van der Waals surface area contributed by atoms with Crippen LogP contribution in [-0.4, -0.2) is 53.1 Å². The number of nitrogens with zero attached hydrogens (tertiary/aromatic N) is 1. The highest BCUT2D eigenvalue weighted by molar-refractivity contribution is 5.99. The highest BCUT2D eigenvalue weighted by Gasteiger charge is 2.22. The summed E-state index contributed by atoms with van der Waals surface area (Å²) in [5, 5.41) is 11.7. The minimum absolute atomic E-state index is 0.0820. The smallest absolute Gasteiger partial charge is 0.260 e. The summed E-state index contributed by atoms with van der Waals surface area (Å²) >= 11 is 0. The Morgan fingerprint density at radius 3 is 2.79 bits per heavy atom. The second-order valence-corrected chi connectivity index (χ2v) is 7.11. The van der Waals surface area contributed by atoms with Crippen LogP contribution in [0.3, 0.4) is 0 Å². The number of carbonyl (C=O) groups excluding carboxylic acids is 2. The largest absolute Gasteiger partial charge is 0.491 e. The second-order valence-electron chi connectivity index (χ2n) is 7.11. The number of hydrogen-bond acceptors (Lipinski definition) is 5. The van der Waals surface area contributed by atoms with Crippen LogP contribution in [0.5, 0.6) is 5.75 Å². The molecule has 1 fully saturated rings. The SMILES string of the molecule is CN(Cc1cccc(OCCO)c1)C(=O)c1cc(C(=O)NC2CCC2)c[nH]c1=O. The van der Waals surface area contributed by atoms with Crippen LogP contribution >= 0.6 is 0 Å². The van der Waals surface area contributed by atoms with E-state index in [-0.39, 0.29) is 42.8 Å². The summed E-state index contributed by atoms with van der Waals surface area (Å²) in [5.41, 5.74) is 0.447. The molecule has 3 N–H and O–H groups in total. The van der Waals surface area contributed by atoms with Crippen molar-refractivity contribution in [2.45, 2.75) is 31.8 Å². The normalized spacial score (nSPS) is 13.4. The van der Waals surface area contributed by atoms with Crippen molar-refractivity contribution in [1.29, 1.82) is 0 Å². The molecule has 0 spiro atoms. The predicted octanol–water partition coefficient (Wildman–Crippen LogP) is 1.30. The number of rotatable bonds is 8. The summed E-state index contributed by atoms with van der Waals surface area (Å²) in [5.74, 6) is -0.187. The summed E-state index contributed by atoms with van der Waals surface area (Å²) in [6, 6.07) is 8.66. The highest BCUT2D eigenvalue weighted by atomic mass is 16.5.